The molecule has 0 N–H and O–H groups in total. The molecule has 0 amide bonds. The summed E-state index contributed by atoms with van der Waals surface area (Å²) in [5, 5.41) is 10.3. The Morgan fingerprint density at radius 2 is 2.08 bits per heavy atom. The van der Waals surface area contributed by atoms with Gasteiger partial charge in [-0.3, -0.25) is 0 Å². The number of anilines is 1. The number of hydrogen-bond donors (Lipinski definition) is 0. The number of aromatic nitrogens is 5. The third-order valence-electron chi connectivity index (χ3n) is 5.67. The summed E-state index contributed by atoms with van der Waals surface area (Å²) >= 11 is 1.78. The molecule has 1 atom stereocenters. The number of fused-ring (bicyclic) bond motifs is 2. The molecule has 2 aliphatic rings. The smallest absolute Gasteiger partial charge is 0.155 e. The molecule has 0 spiro atoms. The highest BCUT2D eigenvalue weighted by molar-refractivity contribution is 7.18. The lowest BCUT2D eigenvalue weighted by atomic mass is 10.2. The first-order chi connectivity index (χ1) is 12.8. The normalized spacial score (nSPS) is 20.5. The Balaban J connectivity index is 1.56. The Kier molecular flexibility index (Phi) is 4.11. The van der Waals surface area contributed by atoms with Crippen LogP contribution in [0.1, 0.15) is 61.6 Å². The zero-order valence-corrected chi connectivity index (χ0v) is 16.0. The Labute approximate surface area is 157 Å². The van der Waals surface area contributed by atoms with E-state index >= 15 is 0 Å². The molecule has 3 aromatic rings. The van der Waals surface area contributed by atoms with Crippen LogP contribution in [0.25, 0.3) is 10.2 Å². The maximum atomic E-state index is 4.69. The van der Waals surface area contributed by atoms with Crippen molar-refractivity contribution in [3.8, 4) is 0 Å². The Morgan fingerprint density at radius 3 is 3.00 bits per heavy atom. The van der Waals surface area contributed by atoms with Gasteiger partial charge >= 0.3 is 0 Å². The van der Waals surface area contributed by atoms with Crippen LogP contribution in [0.2, 0.25) is 0 Å². The third kappa shape index (κ3) is 2.60. The van der Waals surface area contributed by atoms with E-state index in [0.717, 1.165) is 48.8 Å². The Hall–Kier alpha value is -2.02. The summed E-state index contributed by atoms with van der Waals surface area (Å²) in [7, 11) is 0. The van der Waals surface area contributed by atoms with Crippen LogP contribution in [-0.2, 0) is 19.4 Å². The molecule has 0 bridgehead atoms. The minimum atomic E-state index is 0.275. The Bertz CT molecular complexity index is 929. The summed E-state index contributed by atoms with van der Waals surface area (Å²) < 4.78 is 2.39. The van der Waals surface area contributed by atoms with Crippen molar-refractivity contribution in [2.24, 2.45) is 0 Å². The van der Waals surface area contributed by atoms with Crippen LogP contribution < -0.4 is 4.90 Å². The molecule has 1 fully saturated rings. The van der Waals surface area contributed by atoms with Crippen LogP contribution in [0, 0.1) is 0 Å². The van der Waals surface area contributed by atoms with Crippen molar-refractivity contribution in [3.63, 3.8) is 0 Å². The highest BCUT2D eigenvalue weighted by Crippen LogP contribution is 2.39. The summed E-state index contributed by atoms with van der Waals surface area (Å²) in [5.41, 5.74) is 0. The quantitative estimate of drug-likeness (QED) is 0.701. The molecule has 0 aliphatic carbocycles. The van der Waals surface area contributed by atoms with Gasteiger partial charge in [0.2, 0.25) is 0 Å². The average molecular weight is 369 g/mol. The fourth-order valence-corrected chi connectivity index (χ4v) is 5.27. The van der Waals surface area contributed by atoms with Crippen LogP contribution >= 0.6 is 11.3 Å². The number of aryl methyl sites for hydroxylation is 2. The molecular weight excluding hydrogens is 344 g/mol. The van der Waals surface area contributed by atoms with Crippen LogP contribution in [0.5, 0.6) is 0 Å². The number of rotatable bonds is 3. The van der Waals surface area contributed by atoms with E-state index in [1.54, 1.807) is 17.7 Å². The summed E-state index contributed by atoms with van der Waals surface area (Å²) in [6, 6.07) is 2.55. The molecule has 0 saturated carbocycles. The molecule has 0 aromatic carbocycles. The zero-order valence-electron chi connectivity index (χ0n) is 15.2. The van der Waals surface area contributed by atoms with Crippen molar-refractivity contribution >= 4 is 27.4 Å². The molecule has 136 valence electrons. The van der Waals surface area contributed by atoms with Gasteiger partial charge in [0, 0.05) is 24.4 Å². The minimum absolute atomic E-state index is 0.275. The van der Waals surface area contributed by atoms with Crippen molar-refractivity contribution in [1.82, 2.24) is 24.7 Å². The predicted molar refractivity (Wildman–Crippen MR) is 104 cm³/mol. The van der Waals surface area contributed by atoms with E-state index < -0.39 is 0 Å². The van der Waals surface area contributed by atoms with Gasteiger partial charge in [0.1, 0.15) is 22.8 Å². The summed E-state index contributed by atoms with van der Waals surface area (Å²) in [6.07, 6.45) is 9.85. The predicted octanol–water partition coefficient (Wildman–Crippen LogP) is 3.91. The highest BCUT2D eigenvalue weighted by atomic mass is 32.1. The van der Waals surface area contributed by atoms with Crippen molar-refractivity contribution in [2.45, 2.75) is 64.5 Å². The molecule has 3 aromatic heterocycles. The van der Waals surface area contributed by atoms with E-state index in [-0.39, 0.29) is 6.04 Å². The molecular formula is C19H24N6S. The van der Waals surface area contributed by atoms with Crippen molar-refractivity contribution < 1.29 is 0 Å². The molecule has 0 unspecified atom stereocenters. The van der Waals surface area contributed by atoms with Crippen LogP contribution in [0.15, 0.2) is 12.4 Å². The van der Waals surface area contributed by atoms with E-state index in [1.807, 2.05) is 0 Å². The molecule has 6 nitrogen and oxygen atoms in total. The highest BCUT2D eigenvalue weighted by Gasteiger charge is 2.33. The van der Waals surface area contributed by atoms with Crippen LogP contribution in [0.3, 0.4) is 0 Å². The van der Waals surface area contributed by atoms with Gasteiger partial charge in [-0.2, -0.15) is 0 Å². The lowest BCUT2D eigenvalue weighted by Crippen LogP contribution is -2.26. The summed E-state index contributed by atoms with van der Waals surface area (Å²) in [4.78, 5) is 14.1. The maximum Gasteiger partial charge on any atom is 0.155 e. The van der Waals surface area contributed by atoms with Crippen molar-refractivity contribution in [1.29, 1.82) is 0 Å². The lowest BCUT2D eigenvalue weighted by Gasteiger charge is -2.26. The second kappa shape index (κ2) is 6.61. The topological polar surface area (TPSA) is 59.7 Å². The van der Waals surface area contributed by atoms with Gasteiger partial charge in [0.15, 0.2) is 5.82 Å². The van der Waals surface area contributed by atoms with Gasteiger partial charge in [-0.1, -0.05) is 13.3 Å². The van der Waals surface area contributed by atoms with Crippen LogP contribution in [0.4, 0.5) is 5.82 Å². The molecule has 0 radical (unpaired) electrons. The Morgan fingerprint density at radius 1 is 1.12 bits per heavy atom. The van der Waals surface area contributed by atoms with E-state index in [2.05, 4.69) is 37.6 Å². The fourth-order valence-electron chi connectivity index (χ4n) is 4.34. The van der Waals surface area contributed by atoms with Crippen LogP contribution in [-0.4, -0.2) is 31.3 Å². The van der Waals surface area contributed by atoms with Gasteiger partial charge in [0.05, 0.1) is 11.4 Å². The van der Waals surface area contributed by atoms with E-state index in [0.29, 0.717) is 0 Å². The maximum absolute atomic E-state index is 4.69. The van der Waals surface area contributed by atoms with Gasteiger partial charge in [0.25, 0.3) is 0 Å². The number of nitrogens with zero attached hydrogens (tertiary/aromatic N) is 6. The molecule has 5 heterocycles. The SMILES string of the molecule is CCc1cc2c(N3CCC[C@H]3c3nnc4n3CCCCC4)ncnc2s1. The first-order valence-electron chi connectivity index (χ1n) is 9.77. The standard InChI is InChI=1S/C19H24N6S/c1-2-13-11-14-17(20-12-21-19(14)26-13)24-10-6-7-15(24)18-23-22-16-8-4-3-5-9-25(16)18/h11-12,15H,2-10H2,1H3/t15-/m0/s1. The molecule has 5 rings (SSSR count). The minimum Gasteiger partial charge on any atom is -0.346 e. The van der Waals surface area contributed by atoms with Gasteiger partial charge in [-0.05, 0) is 38.2 Å². The van der Waals surface area contributed by atoms with E-state index in [4.69, 9.17) is 4.98 Å². The largest absolute Gasteiger partial charge is 0.346 e. The monoisotopic (exact) mass is 368 g/mol. The fraction of sp³-hybridized carbons (Fsp3) is 0.579. The van der Waals surface area contributed by atoms with Gasteiger partial charge < -0.3 is 9.47 Å². The molecule has 26 heavy (non-hydrogen) atoms. The van der Waals surface area contributed by atoms with E-state index in [1.165, 1.54) is 41.8 Å². The molecule has 1 saturated heterocycles. The second-order valence-electron chi connectivity index (χ2n) is 7.27. The zero-order chi connectivity index (χ0) is 17.5. The first-order valence-corrected chi connectivity index (χ1v) is 10.6. The van der Waals surface area contributed by atoms with Crippen molar-refractivity contribution in [3.05, 3.63) is 28.9 Å². The van der Waals surface area contributed by atoms with Gasteiger partial charge in [-0.25, -0.2) is 9.97 Å². The average Bonchev–Trinajstić information content (AvgIpc) is 3.35. The molecule has 2 aliphatic heterocycles. The lowest BCUT2D eigenvalue weighted by molar-refractivity contribution is 0.558. The third-order valence-corrected chi connectivity index (χ3v) is 6.86. The second-order valence-corrected chi connectivity index (χ2v) is 8.39. The summed E-state index contributed by atoms with van der Waals surface area (Å²) in [6.45, 7) is 4.28. The van der Waals surface area contributed by atoms with E-state index in [9.17, 15) is 0 Å². The van der Waals surface area contributed by atoms with Crippen molar-refractivity contribution in [2.75, 3.05) is 11.4 Å². The number of hydrogen-bond acceptors (Lipinski definition) is 6. The number of thiophene rings is 1. The van der Waals surface area contributed by atoms with Gasteiger partial charge in [-0.15, -0.1) is 21.5 Å². The summed E-state index contributed by atoms with van der Waals surface area (Å²) in [5.74, 6) is 3.37. The first kappa shape index (κ1) is 16.2. The molecule has 7 heteroatoms.